The monoisotopic (exact) mass is 230 g/mol. The van der Waals surface area contributed by atoms with Crippen molar-refractivity contribution in [3.05, 3.63) is 30.2 Å². The van der Waals surface area contributed by atoms with Gasteiger partial charge in [0.05, 0.1) is 11.4 Å². The highest BCUT2D eigenvalue weighted by Gasteiger charge is 2.20. The largest absolute Gasteiger partial charge is 0.396 e. The summed E-state index contributed by atoms with van der Waals surface area (Å²) in [5.74, 6) is 0.742. The van der Waals surface area contributed by atoms with E-state index in [4.69, 9.17) is 5.73 Å². The maximum absolute atomic E-state index is 5.91. The molecule has 1 unspecified atom stereocenters. The molecule has 1 fully saturated rings. The molecule has 0 amide bonds. The molecule has 3 rings (SSSR count). The van der Waals surface area contributed by atoms with Gasteiger partial charge in [0.2, 0.25) is 0 Å². The molecular formula is C13H18N4. The van der Waals surface area contributed by atoms with Gasteiger partial charge in [-0.1, -0.05) is 0 Å². The number of hydrogen-bond acceptors (Lipinski definition) is 3. The molecule has 0 bridgehead atoms. The van der Waals surface area contributed by atoms with Gasteiger partial charge in [-0.3, -0.25) is 0 Å². The number of aromatic nitrogens is 2. The van der Waals surface area contributed by atoms with Gasteiger partial charge in [0, 0.05) is 18.9 Å². The first kappa shape index (κ1) is 10.6. The average Bonchev–Trinajstić information content (AvgIpc) is 2.86. The summed E-state index contributed by atoms with van der Waals surface area (Å²) in [6, 6.07) is 3.85. The molecule has 1 saturated heterocycles. The highest BCUT2D eigenvalue weighted by atomic mass is 15.1. The van der Waals surface area contributed by atoms with Crippen LogP contribution in [0.1, 0.15) is 12.1 Å². The Morgan fingerprint density at radius 2 is 2.41 bits per heavy atom. The fourth-order valence-electron chi connectivity index (χ4n) is 2.67. The lowest BCUT2D eigenvalue weighted by Gasteiger charge is -2.07. The predicted octanol–water partition coefficient (Wildman–Crippen LogP) is 1.41. The molecule has 1 aliphatic heterocycles. The van der Waals surface area contributed by atoms with Crippen LogP contribution in [-0.4, -0.2) is 34.4 Å². The fraction of sp³-hybridized carbons (Fsp3) is 0.462. The quantitative estimate of drug-likeness (QED) is 0.848. The number of imidazole rings is 1. The van der Waals surface area contributed by atoms with E-state index in [0.29, 0.717) is 0 Å². The second kappa shape index (κ2) is 4.04. The van der Waals surface area contributed by atoms with Crippen molar-refractivity contribution >= 4 is 11.3 Å². The molecule has 90 valence electrons. The van der Waals surface area contributed by atoms with E-state index in [0.717, 1.165) is 29.4 Å². The van der Waals surface area contributed by atoms with Crippen LogP contribution in [0.4, 0.5) is 5.69 Å². The molecule has 0 saturated carbocycles. The number of pyridine rings is 1. The number of fused-ring (bicyclic) bond motifs is 1. The molecule has 4 heteroatoms. The number of nitrogen functional groups attached to an aromatic ring is 1. The van der Waals surface area contributed by atoms with E-state index in [2.05, 4.69) is 23.1 Å². The van der Waals surface area contributed by atoms with Crippen LogP contribution in [0.25, 0.3) is 5.65 Å². The summed E-state index contributed by atoms with van der Waals surface area (Å²) in [6.45, 7) is 2.39. The third-order valence-corrected chi connectivity index (χ3v) is 3.55. The van der Waals surface area contributed by atoms with Gasteiger partial charge in [-0.05, 0) is 44.5 Å². The van der Waals surface area contributed by atoms with Gasteiger partial charge in [-0.2, -0.15) is 0 Å². The van der Waals surface area contributed by atoms with Crippen molar-refractivity contribution in [2.24, 2.45) is 5.92 Å². The molecular weight excluding hydrogens is 212 g/mol. The van der Waals surface area contributed by atoms with Crippen LogP contribution < -0.4 is 5.73 Å². The minimum Gasteiger partial charge on any atom is -0.396 e. The molecule has 3 heterocycles. The zero-order valence-electron chi connectivity index (χ0n) is 10.1. The van der Waals surface area contributed by atoms with Crippen LogP contribution in [-0.2, 0) is 6.42 Å². The van der Waals surface area contributed by atoms with Gasteiger partial charge in [-0.15, -0.1) is 0 Å². The van der Waals surface area contributed by atoms with Crippen LogP contribution in [0, 0.1) is 5.92 Å². The predicted molar refractivity (Wildman–Crippen MR) is 68.9 cm³/mol. The molecule has 2 N–H and O–H groups in total. The van der Waals surface area contributed by atoms with Crippen molar-refractivity contribution < 1.29 is 0 Å². The van der Waals surface area contributed by atoms with Crippen molar-refractivity contribution in [3.8, 4) is 0 Å². The first-order valence-corrected chi connectivity index (χ1v) is 6.13. The minimum absolute atomic E-state index is 0.742. The number of nitrogens with two attached hydrogens (primary N) is 1. The Bertz CT molecular complexity index is 531. The Morgan fingerprint density at radius 3 is 3.12 bits per heavy atom. The Morgan fingerprint density at radius 1 is 1.53 bits per heavy atom. The highest BCUT2D eigenvalue weighted by Crippen LogP contribution is 2.20. The third-order valence-electron chi connectivity index (χ3n) is 3.55. The third kappa shape index (κ3) is 2.00. The SMILES string of the molecule is CN1CCC(Cc2cn3cccc(N)c3n2)C1. The van der Waals surface area contributed by atoms with Crippen LogP contribution in [0.5, 0.6) is 0 Å². The Hall–Kier alpha value is -1.55. The molecule has 0 radical (unpaired) electrons. The van der Waals surface area contributed by atoms with Gasteiger partial charge >= 0.3 is 0 Å². The van der Waals surface area contributed by atoms with Crippen molar-refractivity contribution in [1.29, 1.82) is 0 Å². The van der Waals surface area contributed by atoms with Crippen LogP contribution in [0.15, 0.2) is 24.5 Å². The van der Waals surface area contributed by atoms with E-state index in [1.165, 1.54) is 19.5 Å². The molecule has 2 aromatic rings. The summed E-state index contributed by atoms with van der Waals surface area (Å²) < 4.78 is 2.02. The molecule has 1 atom stereocenters. The average molecular weight is 230 g/mol. The molecule has 1 aliphatic rings. The lowest BCUT2D eigenvalue weighted by Crippen LogP contribution is -2.15. The van der Waals surface area contributed by atoms with Gasteiger partial charge in [0.15, 0.2) is 5.65 Å². The van der Waals surface area contributed by atoms with Gasteiger partial charge in [-0.25, -0.2) is 4.98 Å². The van der Waals surface area contributed by atoms with Gasteiger partial charge in [0.25, 0.3) is 0 Å². The van der Waals surface area contributed by atoms with E-state index in [-0.39, 0.29) is 0 Å². The second-order valence-corrected chi connectivity index (χ2v) is 5.05. The molecule has 0 aliphatic carbocycles. The number of rotatable bonds is 2. The fourth-order valence-corrected chi connectivity index (χ4v) is 2.67. The maximum atomic E-state index is 5.91. The number of anilines is 1. The molecule has 0 aromatic carbocycles. The van der Waals surface area contributed by atoms with Crippen LogP contribution in [0.2, 0.25) is 0 Å². The van der Waals surface area contributed by atoms with Crippen molar-refractivity contribution in [1.82, 2.24) is 14.3 Å². The van der Waals surface area contributed by atoms with E-state index >= 15 is 0 Å². The van der Waals surface area contributed by atoms with Crippen molar-refractivity contribution in [2.45, 2.75) is 12.8 Å². The Labute approximate surface area is 101 Å². The van der Waals surface area contributed by atoms with E-state index < -0.39 is 0 Å². The number of hydrogen-bond donors (Lipinski definition) is 1. The lowest BCUT2D eigenvalue weighted by molar-refractivity contribution is 0.394. The summed E-state index contributed by atoms with van der Waals surface area (Å²) in [5, 5.41) is 0. The molecule has 2 aromatic heterocycles. The van der Waals surface area contributed by atoms with Crippen LogP contribution >= 0.6 is 0 Å². The zero-order chi connectivity index (χ0) is 11.8. The summed E-state index contributed by atoms with van der Waals surface area (Å²) in [6.07, 6.45) is 6.44. The standard InChI is InChI=1S/C13H18N4/c1-16-6-4-10(8-16)7-11-9-17-5-2-3-12(14)13(17)15-11/h2-3,5,9-10H,4,6-8,14H2,1H3. The summed E-state index contributed by atoms with van der Waals surface area (Å²) in [4.78, 5) is 7.00. The van der Waals surface area contributed by atoms with Gasteiger partial charge in [0.1, 0.15) is 0 Å². The van der Waals surface area contributed by atoms with Crippen molar-refractivity contribution in [2.75, 3.05) is 25.9 Å². The van der Waals surface area contributed by atoms with Gasteiger partial charge < -0.3 is 15.0 Å². The van der Waals surface area contributed by atoms with E-state index in [9.17, 15) is 0 Å². The normalized spacial score (nSPS) is 21.4. The molecule has 4 nitrogen and oxygen atoms in total. The highest BCUT2D eigenvalue weighted by molar-refractivity contribution is 5.64. The number of nitrogens with zero attached hydrogens (tertiary/aromatic N) is 3. The minimum atomic E-state index is 0.742. The van der Waals surface area contributed by atoms with E-state index in [1.54, 1.807) is 0 Å². The number of likely N-dealkylation sites (tertiary alicyclic amines) is 1. The summed E-state index contributed by atoms with van der Waals surface area (Å²) >= 11 is 0. The summed E-state index contributed by atoms with van der Waals surface area (Å²) in [5.41, 5.74) is 8.70. The second-order valence-electron chi connectivity index (χ2n) is 5.05. The smallest absolute Gasteiger partial charge is 0.160 e. The van der Waals surface area contributed by atoms with Crippen molar-refractivity contribution in [3.63, 3.8) is 0 Å². The van der Waals surface area contributed by atoms with E-state index in [1.807, 2.05) is 22.7 Å². The Balaban J connectivity index is 1.84. The zero-order valence-corrected chi connectivity index (χ0v) is 10.1. The molecule has 0 spiro atoms. The first-order chi connectivity index (χ1) is 8.22. The molecule has 17 heavy (non-hydrogen) atoms. The van der Waals surface area contributed by atoms with Crippen LogP contribution in [0.3, 0.4) is 0 Å². The lowest BCUT2D eigenvalue weighted by atomic mass is 10.0. The first-order valence-electron chi connectivity index (χ1n) is 6.13. The summed E-state index contributed by atoms with van der Waals surface area (Å²) in [7, 11) is 2.18. The Kier molecular flexibility index (Phi) is 2.52. The topological polar surface area (TPSA) is 46.6 Å². The maximum Gasteiger partial charge on any atom is 0.160 e.